The van der Waals surface area contributed by atoms with E-state index in [1.165, 1.54) is 36.0 Å². The Kier molecular flexibility index (Phi) is 3.28. The fourth-order valence-electron chi connectivity index (χ4n) is 1.62. The second kappa shape index (κ2) is 4.89. The topological polar surface area (TPSA) is 77.2 Å². The van der Waals surface area contributed by atoms with Crippen LogP contribution in [-0.4, -0.2) is 15.4 Å². The van der Waals surface area contributed by atoms with Crippen molar-refractivity contribution in [2.45, 2.75) is 0 Å². The highest BCUT2D eigenvalue weighted by atomic mass is 19.1. The van der Waals surface area contributed by atoms with Gasteiger partial charge in [-0.15, -0.1) is 0 Å². The monoisotopic (exact) mass is 263 g/mol. The summed E-state index contributed by atoms with van der Waals surface area (Å²) < 4.78 is 14.7. The molecule has 0 saturated carbocycles. The normalized spacial score (nSPS) is 10.2. The maximum atomic E-state index is 13.4. The van der Waals surface area contributed by atoms with Crippen molar-refractivity contribution < 1.29 is 14.1 Å². The van der Waals surface area contributed by atoms with Crippen LogP contribution in [0.15, 0.2) is 36.5 Å². The van der Waals surface area contributed by atoms with Crippen molar-refractivity contribution in [2.75, 3.05) is 5.32 Å². The first-order chi connectivity index (χ1) is 8.99. The Morgan fingerprint density at radius 3 is 2.68 bits per heavy atom. The van der Waals surface area contributed by atoms with E-state index in [1.807, 2.05) is 0 Å². The summed E-state index contributed by atoms with van der Waals surface area (Å²) in [5.74, 6) is -1.18. The molecule has 7 heteroatoms. The van der Waals surface area contributed by atoms with Crippen molar-refractivity contribution in [3.63, 3.8) is 0 Å². The van der Waals surface area contributed by atoms with E-state index in [0.717, 1.165) is 6.07 Å². The molecule has 1 heterocycles. The first-order valence-electron chi connectivity index (χ1n) is 5.35. The lowest BCUT2D eigenvalue weighted by molar-refractivity contribution is -0.384. The SMILES string of the molecule is Cn1cc([N+](=O)[O-])cc1C(=O)Nc1ccccc1F. The maximum Gasteiger partial charge on any atom is 0.287 e. The molecule has 0 bridgehead atoms. The Morgan fingerprint density at radius 2 is 2.11 bits per heavy atom. The highest BCUT2D eigenvalue weighted by molar-refractivity contribution is 6.03. The van der Waals surface area contributed by atoms with Crippen LogP contribution in [0.1, 0.15) is 10.5 Å². The quantitative estimate of drug-likeness (QED) is 0.682. The standard InChI is InChI=1S/C12H10FN3O3/c1-15-7-8(16(18)19)6-11(15)12(17)14-10-5-3-2-4-9(10)13/h2-7H,1H3,(H,14,17). The minimum atomic E-state index is -0.610. The van der Waals surface area contributed by atoms with Crippen LogP contribution in [0.2, 0.25) is 0 Å². The van der Waals surface area contributed by atoms with Crippen LogP contribution in [0.4, 0.5) is 15.8 Å². The van der Waals surface area contributed by atoms with E-state index in [1.54, 1.807) is 6.07 Å². The number of hydrogen-bond donors (Lipinski definition) is 1. The fraction of sp³-hybridized carbons (Fsp3) is 0.0833. The first-order valence-corrected chi connectivity index (χ1v) is 5.35. The lowest BCUT2D eigenvalue weighted by Gasteiger charge is -2.06. The third-order valence-electron chi connectivity index (χ3n) is 2.56. The van der Waals surface area contributed by atoms with Gasteiger partial charge in [-0.1, -0.05) is 12.1 Å². The highest BCUT2D eigenvalue weighted by Crippen LogP contribution is 2.18. The van der Waals surface area contributed by atoms with Crippen LogP contribution in [0.5, 0.6) is 0 Å². The van der Waals surface area contributed by atoms with E-state index >= 15 is 0 Å². The van der Waals surface area contributed by atoms with Gasteiger partial charge in [0.1, 0.15) is 11.5 Å². The summed E-state index contributed by atoms with van der Waals surface area (Å²) in [7, 11) is 1.50. The third-order valence-corrected chi connectivity index (χ3v) is 2.56. The van der Waals surface area contributed by atoms with Gasteiger partial charge in [0, 0.05) is 13.1 Å². The molecular formula is C12H10FN3O3. The number of carbonyl (C=O) groups is 1. The predicted molar refractivity (Wildman–Crippen MR) is 66.4 cm³/mol. The van der Waals surface area contributed by atoms with Gasteiger partial charge >= 0.3 is 0 Å². The zero-order valence-corrected chi connectivity index (χ0v) is 9.96. The van der Waals surface area contributed by atoms with Crippen molar-refractivity contribution in [3.05, 3.63) is 58.2 Å². The van der Waals surface area contributed by atoms with E-state index in [9.17, 15) is 19.3 Å². The average Bonchev–Trinajstić information content (AvgIpc) is 2.74. The van der Waals surface area contributed by atoms with Gasteiger partial charge in [-0.2, -0.15) is 0 Å². The minimum absolute atomic E-state index is 0.0244. The van der Waals surface area contributed by atoms with Gasteiger partial charge in [0.15, 0.2) is 0 Å². The zero-order valence-electron chi connectivity index (χ0n) is 9.96. The second-order valence-electron chi connectivity index (χ2n) is 3.89. The van der Waals surface area contributed by atoms with Crippen molar-refractivity contribution in [1.82, 2.24) is 4.57 Å². The van der Waals surface area contributed by atoms with Gasteiger partial charge in [0.2, 0.25) is 0 Å². The van der Waals surface area contributed by atoms with Crippen molar-refractivity contribution in [3.8, 4) is 0 Å². The van der Waals surface area contributed by atoms with Crippen LogP contribution in [0.25, 0.3) is 0 Å². The molecule has 2 aromatic rings. The highest BCUT2D eigenvalue weighted by Gasteiger charge is 2.18. The number of nitrogens with one attached hydrogen (secondary N) is 1. The molecule has 19 heavy (non-hydrogen) atoms. The largest absolute Gasteiger partial charge is 0.340 e. The number of carbonyl (C=O) groups excluding carboxylic acids is 1. The van der Waals surface area contributed by atoms with Gasteiger partial charge in [-0.05, 0) is 12.1 Å². The Labute approximate surface area is 107 Å². The molecule has 1 aromatic heterocycles. The Balaban J connectivity index is 2.26. The van der Waals surface area contributed by atoms with E-state index in [0.29, 0.717) is 0 Å². The molecule has 0 aliphatic rings. The summed E-state index contributed by atoms with van der Waals surface area (Å²) in [6.45, 7) is 0. The van der Waals surface area contributed by atoms with E-state index in [4.69, 9.17) is 0 Å². The number of benzene rings is 1. The van der Waals surface area contributed by atoms with Gasteiger partial charge in [-0.25, -0.2) is 4.39 Å². The fourth-order valence-corrected chi connectivity index (χ4v) is 1.62. The van der Waals surface area contributed by atoms with Crippen LogP contribution >= 0.6 is 0 Å². The number of halogens is 1. The molecule has 0 radical (unpaired) electrons. The molecule has 0 aliphatic carbocycles. The number of nitrogens with zero attached hydrogens (tertiary/aromatic N) is 2. The number of nitro groups is 1. The van der Waals surface area contributed by atoms with Crippen LogP contribution < -0.4 is 5.32 Å². The molecule has 0 unspecified atom stereocenters. The van der Waals surface area contributed by atoms with Gasteiger partial charge < -0.3 is 9.88 Å². The van der Waals surface area contributed by atoms with Crippen molar-refractivity contribution >= 4 is 17.3 Å². The molecule has 0 fully saturated rings. The third kappa shape index (κ3) is 2.59. The van der Waals surface area contributed by atoms with Crippen molar-refractivity contribution in [2.24, 2.45) is 7.05 Å². The molecule has 2 rings (SSSR count). The summed E-state index contributed by atoms with van der Waals surface area (Å²) in [4.78, 5) is 21.9. The predicted octanol–water partition coefficient (Wildman–Crippen LogP) is 2.32. The number of hydrogen-bond acceptors (Lipinski definition) is 3. The molecule has 0 saturated heterocycles. The Hall–Kier alpha value is -2.70. The second-order valence-corrected chi connectivity index (χ2v) is 3.89. The number of amides is 1. The summed E-state index contributed by atoms with van der Waals surface area (Å²) in [5, 5.41) is 13.0. The molecule has 0 spiro atoms. The van der Waals surface area contributed by atoms with Gasteiger partial charge in [0.05, 0.1) is 16.8 Å². The first kappa shape index (κ1) is 12.7. The number of rotatable bonds is 3. The number of para-hydroxylation sites is 1. The molecule has 0 aliphatic heterocycles. The van der Waals surface area contributed by atoms with E-state index in [-0.39, 0.29) is 17.1 Å². The maximum absolute atomic E-state index is 13.4. The summed E-state index contributed by atoms with van der Waals surface area (Å²) in [6.07, 6.45) is 1.22. The summed E-state index contributed by atoms with van der Waals surface area (Å²) >= 11 is 0. The van der Waals surface area contributed by atoms with Crippen LogP contribution in [0, 0.1) is 15.9 Å². The average molecular weight is 263 g/mol. The number of aromatic nitrogens is 1. The van der Waals surface area contributed by atoms with Gasteiger partial charge in [-0.3, -0.25) is 14.9 Å². The van der Waals surface area contributed by atoms with E-state index in [2.05, 4.69) is 5.32 Å². The smallest absolute Gasteiger partial charge is 0.287 e. The lowest BCUT2D eigenvalue weighted by atomic mass is 10.3. The molecule has 0 atom stereocenters. The Bertz CT molecular complexity index is 651. The number of aryl methyl sites for hydroxylation is 1. The van der Waals surface area contributed by atoms with Crippen molar-refractivity contribution in [1.29, 1.82) is 0 Å². The molecule has 6 nitrogen and oxygen atoms in total. The molecule has 98 valence electrons. The molecule has 1 aromatic carbocycles. The lowest BCUT2D eigenvalue weighted by Crippen LogP contribution is -2.16. The zero-order chi connectivity index (χ0) is 14.0. The minimum Gasteiger partial charge on any atom is -0.340 e. The molecular weight excluding hydrogens is 253 g/mol. The van der Waals surface area contributed by atoms with Crippen LogP contribution in [0.3, 0.4) is 0 Å². The van der Waals surface area contributed by atoms with Crippen LogP contribution in [-0.2, 0) is 7.05 Å². The summed E-state index contributed by atoms with van der Waals surface area (Å²) in [5.41, 5.74) is -0.0903. The Morgan fingerprint density at radius 1 is 1.42 bits per heavy atom. The van der Waals surface area contributed by atoms with E-state index < -0.39 is 16.6 Å². The van der Waals surface area contributed by atoms with Gasteiger partial charge in [0.25, 0.3) is 11.6 Å². The molecule has 1 amide bonds. The molecule has 1 N–H and O–H groups in total. The number of anilines is 1. The summed E-state index contributed by atoms with van der Waals surface area (Å²) in [6, 6.07) is 6.83.